The highest BCUT2D eigenvalue weighted by Gasteiger charge is 2.19. The molecule has 0 aliphatic rings. The van der Waals surface area contributed by atoms with Crippen LogP contribution in [0.3, 0.4) is 0 Å². The first-order chi connectivity index (χ1) is 8.63. The van der Waals surface area contributed by atoms with Crippen LogP contribution in [0.5, 0.6) is 0 Å². The Labute approximate surface area is 115 Å². The highest BCUT2D eigenvalue weighted by Crippen LogP contribution is 2.29. The zero-order chi connectivity index (χ0) is 13.1. The van der Waals surface area contributed by atoms with Crippen molar-refractivity contribution in [1.29, 1.82) is 0 Å². The van der Waals surface area contributed by atoms with Crippen LogP contribution in [-0.2, 0) is 0 Å². The SMILES string of the molecule is CNC(c1cc(C)cnc1N)c1ncccc1Br. The normalized spacial score (nSPS) is 12.4. The molecule has 0 saturated heterocycles. The van der Waals surface area contributed by atoms with Crippen LogP contribution in [0.4, 0.5) is 5.82 Å². The van der Waals surface area contributed by atoms with E-state index in [-0.39, 0.29) is 6.04 Å². The first-order valence-electron chi connectivity index (χ1n) is 5.63. The van der Waals surface area contributed by atoms with E-state index in [4.69, 9.17) is 5.73 Å². The van der Waals surface area contributed by atoms with Crippen LogP contribution in [0.1, 0.15) is 22.9 Å². The number of aromatic nitrogens is 2. The average molecular weight is 307 g/mol. The lowest BCUT2D eigenvalue weighted by atomic mass is 10.0. The van der Waals surface area contributed by atoms with E-state index in [1.54, 1.807) is 12.4 Å². The predicted molar refractivity (Wildman–Crippen MR) is 76.2 cm³/mol. The Bertz CT molecular complexity index is 556. The van der Waals surface area contributed by atoms with Gasteiger partial charge in [-0.15, -0.1) is 0 Å². The highest BCUT2D eigenvalue weighted by molar-refractivity contribution is 9.10. The molecule has 0 bridgehead atoms. The standard InChI is InChI=1S/C13H15BrN4/c1-8-6-9(13(15)18-7-8)11(16-2)12-10(14)4-3-5-17-12/h3-7,11,16H,1-2H3,(H2,15,18). The fourth-order valence-electron chi connectivity index (χ4n) is 1.88. The summed E-state index contributed by atoms with van der Waals surface area (Å²) in [5, 5.41) is 3.23. The first-order valence-corrected chi connectivity index (χ1v) is 6.42. The van der Waals surface area contributed by atoms with E-state index in [1.165, 1.54) is 0 Å². The van der Waals surface area contributed by atoms with Gasteiger partial charge in [-0.25, -0.2) is 4.98 Å². The summed E-state index contributed by atoms with van der Waals surface area (Å²) in [5.41, 5.74) is 8.88. The molecule has 3 N–H and O–H groups in total. The lowest BCUT2D eigenvalue weighted by molar-refractivity contribution is 0.666. The lowest BCUT2D eigenvalue weighted by Crippen LogP contribution is -2.21. The van der Waals surface area contributed by atoms with Gasteiger partial charge in [-0.3, -0.25) is 4.98 Å². The highest BCUT2D eigenvalue weighted by atomic mass is 79.9. The van der Waals surface area contributed by atoms with Gasteiger partial charge in [-0.05, 0) is 53.7 Å². The Kier molecular flexibility index (Phi) is 3.93. The quantitative estimate of drug-likeness (QED) is 0.914. The second-order valence-corrected chi connectivity index (χ2v) is 4.93. The van der Waals surface area contributed by atoms with Gasteiger partial charge in [-0.1, -0.05) is 0 Å². The van der Waals surface area contributed by atoms with Crippen LogP contribution in [0.15, 0.2) is 35.1 Å². The second-order valence-electron chi connectivity index (χ2n) is 4.08. The number of pyridine rings is 2. The third-order valence-electron chi connectivity index (χ3n) is 2.75. The molecule has 5 heteroatoms. The summed E-state index contributed by atoms with van der Waals surface area (Å²) in [4.78, 5) is 8.60. The van der Waals surface area contributed by atoms with Crippen molar-refractivity contribution in [2.45, 2.75) is 13.0 Å². The van der Waals surface area contributed by atoms with Crippen molar-refractivity contribution in [2.24, 2.45) is 0 Å². The van der Waals surface area contributed by atoms with Crippen molar-refractivity contribution in [3.63, 3.8) is 0 Å². The van der Waals surface area contributed by atoms with Crippen LogP contribution in [-0.4, -0.2) is 17.0 Å². The lowest BCUT2D eigenvalue weighted by Gasteiger charge is -2.19. The Morgan fingerprint density at radius 2 is 2.17 bits per heavy atom. The monoisotopic (exact) mass is 306 g/mol. The fraction of sp³-hybridized carbons (Fsp3) is 0.231. The van der Waals surface area contributed by atoms with E-state index in [9.17, 15) is 0 Å². The Hall–Kier alpha value is -1.46. The van der Waals surface area contributed by atoms with Crippen molar-refractivity contribution >= 4 is 21.7 Å². The minimum absolute atomic E-state index is 0.0759. The summed E-state index contributed by atoms with van der Waals surface area (Å²) in [6.45, 7) is 2.00. The number of rotatable bonds is 3. The fourth-order valence-corrected chi connectivity index (χ4v) is 2.37. The van der Waals surface area contributed by atoms with Gasteiger partial charge in [-0.2, -0.15) is 0 Å². The molecule has 0 saturated carbocycles. The van der Waals surface area contributed by atoms with Crippen molar-refractivity contribution in [2.75, 3.05) is 12.8 Å². The number of hydrogen-bond donors (Lipinski definition) is 2. The van der Waals surface area contributed by atoms with Crippen molar-refractivity contribution < 1.29 is 0 Å². The van der Waals surface area contributed by atoms with Crippen LogP contribution < -0.4 is 11.1 Å². The molecule has 0 spiro atoms. The van der Waals surface area contributed by atoms with Gasteiger partial charge in [0.2, 0.25) is 0 Å². The minimum Gasteiger partial charge on any atom is -0.383 e. The van der Waals surface area contributed by atoms with Crippen molar-refractivity contribution in [1.82, 2.24) is 15.3 Å². The van der Waals surface area contributed by atoms with Crippen LogP contribution in [0.25, 0.3) is 0 Å². The summed E-state index contributed by atoms with van der Waals surface area (Å²) in [6.07, 6.45) is 3.53. The van der Waals surface area contributed by atoms with E-state index in [0.717, 1.165) is 21.3 Å². The molecular weight excluding hydrogens is 292 g/mol. The number of nitrogen functional groups attached to an aromatic ring is 1. The smallest absolute Gasteiger partial charge is 0.128 e. The maximum absolute atomic E-state index is 5.96. The van der Waals surface area contributed by atoms with Gasteiger partial charge in [0.25, 0.3) is 0 Å². The van der Waals surface area contributed by atoms with Crippen molar-refractivity contribution in [3.05, 3.63) is 51.9 Å². The van der Waals surface area contributed by atoms with Gasteiger partial charge in [0.05, 0.1) is 11.7 Å². The maximum Gasteiger partial charge on any atom is 0.128 e. The summed E-state index contributed by atoms with van der Waals surface area (Å²) in [7, 11) is 1.88. The molecule has 0 fully saturated rings. The molecular formula is C13H15BrN4. The van der Waals surface area contributed by atoms with Crippen LogP contribution in [0, 0.1) is 6.92 Å². The van der Waals surface area contributed by atoms with Gasteiger partial charge >= 0.3 is 0 Å². The summed E-state index contributed by atoms with van der Waals surface area (Å²) < 4.78 is 0.949. The zero-order valence-electron chi connectivity index (χ0n) is 10.3. The van der Waals surface area contributed by atoms with Gasteiger partial charge in [0.1, 0.15) is 5.82 Å². The molecule has 94 valence electrons. The maximum atomic E-state index is 5.96. The number of halogens is 1. The second kappa shape index (κ2) is 5.46. The van der Waals surface area contributed by atoms with Crippen LogP contribution in [0.2, 0.25) is 0 Å². The molecule has 18 heavy (non-hydrogen) atoms. The topological polar surface area (TPSA) is 63.8 Å². The third kappa shape index (κ3) is 2.52. The van der Waals surface area contributed by atoms with Crippen molar-refractivity contribution in [3.8, 4) is 0 Å². The average Bonchev–Trinajstić information content (AvgIpc) is 2.36. The number of aryl methyl sites for hydroxylation is 1. The number of hydrogen-bond acceptors (Lipinski definition) is 4. The largest absolute Gasteiger partial charge is 0.383 e. The molecule has 2 rings (SSSR count). The number of nitrogens with zero attached hydrogens (tertiary/aromatic N) is 2. The number of anilines is 1. The molecule has 0 aliphatic carbocycles. The van der Waals surface area contributed by atoms with Gasteiger partial charge in [0.15, 0.2) is 0 Å². The molecule has 1 unspecified atom stereocenters. The molecule has 0 aromatic carbocycles. The van der Waals surface area contributed by atoms with Gasteiger partial charge in [0, 0.05) is 22.4 Å². The summed E-state index contributed by atoms with van der Waals surface area (Å²) in [6, 6.07) is 5.81. The van der Waals surface area contributed by atoms with Gasteiger partial charge < -0.3 is 11.1 Å². The number of nitrogens with two attached hydrogens (primary N) is 1. The molecule has 4 nitrogen and oxygen atoms in total. The Morgan fingerprint density at radius 1 is 1.39 bits per heavy atom. The molecule has 2 aromatic rings. The summed E-state index contributed by atoms with van der Waals surface area (Å²) >= 11 is 3.51. The molecule has 2 aromatic heterocycles. The summed E-state index contributed by atoms with van der Waals surface area (Å²) in [5.74, 6) is 0.525. The molecule has 1 atom stereocenters. The molecule has 0 aliphatic heterocycles. The zero-order valence-corrected chi connectivity index (χ0v) is 11.9. The van der Waals surface area contributed by atoms with E-state index >= 15 is 0 Å². The van der Waals surface area contributed by atoms with E-state index in [0.29, 0.717) is 5.82 Å². The van der Waals surface area contributed by atoms with E-state index in [2.05, 4.69) is 31.2 Å². The predicted octanol–water partition coefficient (Wildman–Crippen LogP) is 2.44. The molecule has 0 amide bonds. The first kappa shape index (κ1) is 13.0. The Balaban J connectivity index is 2.52. The minimum atomic E-state index is -0.0759. The number of nitrogens with one attached hydrogen (secondary N) is 1. The molecule has 2 heterocycles. The molecule has 0 radical (unpaired) electrons. The van der Waals surface area contributed by atoms with Crippen LogP contribution >= 0.6 is 15.9 Å². The third-order valence-corrected chi connectivity index (χ3v) is 3.42. The van der Waals surface area contributed by atoms with E-state index < -0.39 is 0 Å². The van der Waals surface area contributed by atoms with E-state index in [1.807, 2.05) is 32.2 Å². The Morgan fingerprint density at radius 3 is 2.83 bits per heavy atom.